The molecule has 7 heteroatoms. The molecule has 0 unspecified atom stereocenters. The summed E-state index contributed by atoms with van der Waals surface area (Å²) in [5, 5.41) is 7.20. The maximum Gasteiger partial charge on any atom is 0.261 e. The third-order valence-corrected chi connectivity index (χ3v) is 4.70. The number of rotatable bonds is 4. The molecule has 2 heterocycles. The maximum atomic E-state index is 13.7. The van der Waals surface area contributed by atoms with Gasteiger partial charge >= 0.3 is 0 Å². The molecule has 27 heavy (non-hydrogen) atoms. The molecule has 2 aromatic heterocycles. The lowest BCUT2D eigenvalue weighted by atomic mass is 10.2. The molecule has 134 valence electrons. The fraction of sp³-hybridized carbons (Fsp3) is 0. The third-order valence-electron chi connectivity index (χ3n) is 4.01. The number of carbonyl (C=O) groups is 1. The van der Waals surface area contributed by atoms with Crippen LogP contribution in [0.2, 0.25) is 0 Å². The van der Waals surface area contributed by atoms with Gasteiger partial charge in [-0.05, 0) is 58.4 Å². The van der Waals surface area contributed by atoms with Crippen LogP contribution in [-0.4, -0.2) is 20.3 Å². The van der Waals surface area contributed by atoms with Crippen molar-refractivity contribution in [2.45, 2.75) is 0 Å². The van der Waals surface area contributed by atoms with Crippen molar-refractivity contribution in [3.05, 3.63) is 95.1 Å². The van der Waals surface area contributed by atoms with Crippen LogP contribution in [-0.2, 0) is 0 Å². The standard InChI is InChI=1S/C20H14BrFN4O/c21-17-8-1-2-9-18(17)24-19(27)16-13-23-26(15-7-5-6-14(22)12-15)20(16)25-10-3-4-11-25/h1-13H,(H,24,27). The van der Waals surface area contributed by atoms with E-state index in [4.69, 9.17) is 0 Å². The van der Waals surface area contributed by atoms with Gasteiger partial charge in [-0.2, -0.15) is 5.10 Å². The highest BCUT2D eigenvalue weighted by Gasteiger charge is 2.20. The molecule has 0 saturated heterocycles. The fourth-order valence-electron chi connectivity index (χ4n) is 2.78. The first-order valence-corrected chi connectivity index (χ1v) is 8.96. The van der Waals surface area contributed by atoms with Gasteiger partial charge in [0.25, 0.3) is 5.91 Å². The second-order valence-electron chi connectivity index (χ2n) is 5.80. The number of anilines is 1. The number of hydrogen-bond donors (Lipinski definition) is 1. The van der Waals surface area contributed by atoms with Gasteiger partial charge in [0, 0.05) is 16.9 Å². The summed E-state index contributed by atoms with van der Waals surface area (Å²) in [5.74, 6) is -0.163. The van der Waals surface area contributed by atoms with E-state index in [0.29, 0.717) is 22.8 Å². The number of nitrogens with zero attached hydrogens (tertiary/aromatic N) is 3. The second-order valence-corrected chi connectivity index (χ2v) is 6.65. The number of benzene rings is 2. The van der Waals surface area contributed by atoms with Crippen molar-refractivity contribution in [3.8, 4) is 11.5 Å². The van der Waals surface area contributed by atoms with Gasteiger partial charge in [0.15, 0.2) is 5.82 Å². The van der Waals surface area contributed by atoms with E-state index < -0.39 is 0 Å². The lowest BCUT2D eigenvalue weighted by Gasteiger charge is -2.12. The van der Waals surface area contributed by atoms with Gasteiger partial charge in [0.1, 0.15) is 11.4 Å². The lowest BCUT2D eigenvalue weighted by molar-refractivity contribution is 0.102. The van der Waals surface area contributed by atoms with Crippen molar-refractivity contribution in [1.82, 2.24) is 14.3 Å². The molecular formula is C20H14BrFN4O. The normalized spacial score (nSPS) is 10.7. The number of hydrogen-bond acceptors (Lipinski definition) is 2. The van der Waals surface area contributed by atoms with Crippen LogP contribution in [0, 0.1) is 5.82 Å². The van der Waals surface area contributed by atoms with Crippen molar-refractivity contribution in [2.75, 3.05) is 5.32 Å². The Labute approximate surface area is 163 Å². The Balaban J connectivity index is 1.80. The van der Waals surface area contributed by atoms with Crippen LogP contribution >= 0.6 is 15.9 Å². The summed E-state index contributed by atoms with van der Waals surface area (Å²) in [4.78, 5) is 12.9. The van der Waals surface area contributed by atoms with Crippen LogP contribution in [0.15, 0.2) is 83.7 Å². The van der Waals surface area contributed by atoms with E-state index in [1.54, 1.807) is 22.8 Å². The molecule has 5 nitrogen and oxygen atoms in total. The Kier molecular flexibility index (Phi) is 4.60. The Morgan fingerprint density at radius 1 is 1.04 bits per heavy atom. The van der Waals surface area contributed by atoms with Crippen molar-refractivity contribution in [1.29, 1.82) is 0 Å². The fourth-order valence-corrected chi connectivity index (χ4v) is 3.16. The molecule has 1 N–H and O–H groups in total. The van der Waals surface area contributed by atoms with Crippen LogP contribution < -0.4 is 5.32 Å². The zero-order valence-corrected chi connectivity index (χ0v) is 15.6. The number of carbonyl (C=O) groups excluding carboxylic acids is 1. The predicted octanol–water partition coefficient (Wildman–Crippen LogP) is 4.82. The van der Waals surface area contributed by atoms with E-state index >= 15 is 0 Å². The largest absolute Gasteiger partial charge is 0.321 e. The van der Waals surface area contributed by atoms with E-state index in [0.717, 1.165) is 4.47 Å². The first-order valence-electron chi connectivity index (χ1n) is 8.16. The third kappa shape index (κ3) is 3.41. The zero-order valence-electron chi connectivity index (χ0n) is 14.0. The first kappa shape index (κ1) is 17.2. The van der Waals surface area contributed by atoms with Gasteiger partial charge in [0.05, 0.1) is 17.6 Å². The van der Waals surface area contributed by atoms with Crippen molar-refractivity contribution in [2.24, 2.45) is 0 Å². The van der Waals surface area contributed by atoms with Gasteiger partial charge < -0.3 is 9.88 Å². The van der Waals surface area contributed by atoms with Crippen LogP contribution in [0.5, 0.6) is 0 Å². The van der Waals surface area contributed by atoms with Crippen molar-refractivity contribution >= 4 is 27.5 Å². The molecule has 4 rings (SSSR count). The molecule has 0 radical (unpaired) electrons. The molecule has 0 bridgehead atoms. The highest BCUT2D eigenvalue weighted by atomic mass is 79.9. The van der Waals surface area contributed by atoms with E-state index in [-0.39, 0.29) is 11.7 Å². The summed E-state index contributed by atoms with van der Waals surface area (Å²) in [5.41, 5.74) is 1.55. The van der Waals surface area contributed by atoms with E-state index in [1.165, 1.54) is 23.0 Å². The van der Waals surface area contributed by atoms with Gasteiger partial charge in [-0.25, -0.2) is 9.07 Å². The topological polar surface area (TPSA) is 51.9 Å². The second kappa shape index (κ2) is 7.20. The number of halogens is 2. The first-order chi connectivity index (χ1) is 13.1. The Morgan fingerprint density at radius 2 is 1.81 bits per heavy atom. The quantitative estimate of drug-likeness (QED) is 0.510. The minimum Gasteiger partial charge on any atom is -0.321 e. The molecule has 0 atom stereocenters. The minimum absolute atomic E-state index is 0.312. The van der Waals surface area contributed by atoms with Crippen molar-refractivity contribution in [3.63, 3.8) is 0 Å². The number of nitrogens with one attached hydrogen (secondary N) is 1. The van der Waals surface area contributed by atoms with E-state index in [9.17, 15) is 9.18 Å². The van der Waals surface area contributed by atoms with E-state index in [2.05, 4.69) is 26.3 Å². The van der Waals surface area contributed by atoms with E-state index in [1.807, 2.05) is 42.7 Å². The van der Waals surface area contributed by atoms with Crippen LogP contribution in [0.3, 0.4) is 0 Å². The smallest absolute Gasteiger partial charge is 0.261 e. The number of aromatic nitrogens is 3. The summed E-state index contributed by atoms with van der Waals surface area (Å²) in [6.45, 7) is 0. The SMILES string of the molecule is O=C(Nc1ccccc1Br)c1cnn(-c2cccc(F)c2)c1-n1cccc1. The molecule has 0 aliphatic rings. The zero-order chi connectivity index (χ0) is 18.8. The monoisotopic (exact) mass is 424 g/mol. The average Bonchev–Trinajstić information content (AvgIpc) is 3.32. The molecule has 2 aromatic carbocycles. The highest BCUT2D eigenvalue weighted by Crippen LogP contribution is 2.25. The molecule has 0 fully saturated rings. The number of amides is 1. The summed E-state index contributed by atoms with van der Waals surface area (Å²) in [6, 6.07) is 17.1. The highest BCUT2D eigenvalue weighted by molar-refractivity contribution is 9.10. The number of para-hydroxylation sites is 1. The summed E-state index contributed by atoms with van der Waals surface area (Å²) >= 11 is 3.42. The maximum absolute atomic E-state index is 13.7. The van der Waals surface area contributed by atoms with Crippen LogP contribution in [0.1, 0.15) is 10.4 Å². The predicted molar refractivity (Wildman–Crippen MR) is 105 cm³/mol. The molecule has 0 spiro atoms. The van der Waals surface area contributed by atoms with Gasteiger partial charge in [-0.15, -0.1) is 0 Å². The molecular weight excluding hydrogens is 411 g/mol. The molecule has 0 aliphatic carbocycles. The summed E-state index contributed by atoms with van der Waals surface area (Å²) < 4.78 is 17.8. The summed E-state index contributed by atoms with van der Waals surface area (Å²) in [6.07, 6.45) is 5.09. The molecule has 1 amide bonds. The van der Waals surface area contributed by atoms with Crippen LogP contribution in [0.25, 0.3) is 11.5 Å². The molecule has 4 aromatic rings. The van der Waals surface area contributed by atoms with Crippen molar-refractivity contribution < 1.29 is 9.18 Å². The Morgan fingerprint density at radius 3 is 2.56 bits per heavy atom. The van der Waals surface area contributed by atoms with Gasteiger partial charge in [-0.1, -0.05) is 18.2 Å². The Bertz CT molecular complexity index is 1100. The summed E-state index contributed by atoms with van der Waals surface area (Å²) in [7, 11) is 0. The van der Waals surface area contributed by atoms with Crippen LogP contribution in [0.4, 0.5) is 10.1 Å². The lowest BCUT2D eigenvalue weighted by Crippen LogP contribution is -2.15. The molecule has 0 aliphatic heterocycles. The van der Waals surface area contributed by atoms with Gasteiger partial charge in [-0.3, -0.25) is 4.79 Å². The average molecular weight is 425 g/mol. The Hall–Kier alpha value is -3.19. The minimum atomic E-state index is -0.374. The van der Waals surface area contributed by atoms with Gasteiger partial charge in [0.2, 0.25) is 0 Å². The molecule has 0 saturated carbocycles.